The molecule has 0 bridgehead atoms. The van der Waals surface area contributed by atoms with Gasteiger partial charge in [0.15, 0.2) is 5.13 Å². The van der Waals surface area contributed by atoms with Crippen molar-refractivity contribution in [1.82, 2.24) is 25.2 Å². The van der Waals surface area contributed by atoms with Crippen LogP contribution in [0.15, 0.2) is 77.4 Å². The van der Waals surface area contributed by atoms with E-state index >= 15 is 0 Å². The largest absolute Gasteiger partial charge is 0.301 e. The van der Waals surface area contributed by atoms with E-state index in [0.717, 1.165) is 11.3 Å². The average molecular weight is 394 g/mol. The van der Waals surface area contributed by atoms with Crippen LogP contribution in [-0.2, 0) is 4.79 Å². The standard InChI is InChI=1S/C18H14N6OS2/c25-16(20-17-19-11-12-26-17)15(13-7-3-1-4-8-13)27-18-21-22-23-24(18)14-9-5-2-6-10-14/h1-12,15H,(H,19,20,25)/t15-/m1/s1. The molecule has 1 N–H and O–H groups in total. The first-order valence-electron chi connectivity index (χ1n) is 8.07. The summed E-state index contributed by atoms with van der Waals surface area (Å²) in [6, 6.07) is 19.1. The summed E-state index contributed by atoms with van der Waals surface area (Å²) in [7, 11) is 0. The Morgan fingerprint density at radius 3 is 2.52 bits per heavy atom. The van der Waals surface area contributed by atoms with Crippen molar-refractivity contribution in [1.29, 1.82) is 0 Å². The van der Waals surface area contributed by atoms with Crippen LogP contribution in [0.1, 0.15) is 10.8 Å². The van der Waals surface area contributed by atoms with Gasteiger partial charge in [-0.3, -0.25) is 4.79 Å². The second kappa shape index (κ2) is 8.11. The number of nitrogens with zero attached hydrogens (tertiary/aromatic N) is 5. The Labute approximate surface area is 163 Å². The summed E-state index contributed by atoms with van der Waals surface area (Å²) in [5.74, 6) is -0.177. The van der Waals surface area contributed by atoms with Crippen molar-refractivity contribution in [2.75, 3.05) is 5.32 Å². The second-order valence-electron chi connectivity index (χ2n) is 5.44. The minimum absolute atomic E-state index is 0.177. The predicted octanol–water partition coefficient (Wildman–Crippen LogP) is 3.59. The van der Waals surface area contributed by atoms with Gasteiger partial charge in [0.25, 0.3) is 0 Å². The molecule has 2 heterocycles. The molecule has 4 rings (SSSR count). The van der Waals surface area contributed by atoms with E-state index in [1.165, 1.54) is 23.1 Å². The van der Waals surface area contributed by atoms with Crippen molar-refractivity contribution in [2.24, 2.45) is 0 Å². The molecule has 0 fully saturated rings. The molecule has 134 valence electrons. The van der Waals surface area contributed by atoms with Gasteiger partial charge in [0.1, 0.15) is 5.25 Å². The molecular weight excluding hydrogens is 380 g/mol. The van der Waals surface area contributed by atoms with E-state index < -0.39 is 5.25 Å². The molecule has 0 unspecified atom stereocenters. The van der Waals surface area contributed by atoms with E-state index in [0.29, 0.717) is 10.3 Å². The van der Waals surface area contributed by atoms with Crippen molar-refractivity contribution >= 4 is 34.1 Å². The number of rotatable bonds is 6. The molecule has 9 heteroatoms. The van der Waals surface area contributed by atoms with Crippen LogP contribution in [0, 0.1) is 0 Å². The molecule has 2 aromatic carbocycles. The highest BCUT2D eigenvalue weighted by Crippen LogP contribution is 2.35. The van der Waals surface area contributed by atoms with E-state index in [1.807, 2.05) is 66.0 Å². The number of para-hydroxylation sites is 1. The first-order chi connectivity index (χ1) is 13.3. The Morgan fingerprint density at radius 1 is 1.07 bits per heavy atom. The van der Waals surface area contributed by atoms with Crippen LogP contribution in [0.3, 0.4) is 0 Å². The Hall–Kier alpha value is -3.04. The summed E-state index contributed by atoms with van der Waals surface area (Å²) in [6.45, 7) is 0. The number of aromatic nitrogens is 5. The number of thioether (sulfide) groups is 1. The Bertz CT molecular complexity index is 1000. The number of hydrogen-bond acceptors (Lipinski definition) is 7. The van der Waals surface area contributed by atoms with Gasteiger partial charge < -0.3 is 5.32 Å². The lowest BCUT2D eigenvalue weighted by molar-refractivity contribution is -0.115. The van der Waals surface area contributed by atoms with Gasteiger partial charge in [-0.1, -0.05) is 60.3 Å². The number of amides is 1. The third kappa shape index (κ3) is 4.04. The van der Waals surface area contributed by atoms with Gasteiger partial charge in [-0.2, -0.15) is 4.68 Å². The number of benzene rings is 2. The van der Waals surface area contributed by atoms with Crippen LogP contribution in [-0.4, -0.2) is 31.1 Å². The summed E-state index contributed by atoms with van der Waals surface area (Å²) in [4.78, 5) is 17.1. The molecule has 0 aliphatic carbocycles. The summed E-state index contributed by atoms with van der Waals surface area (Å²) in [6.07, 6.45) is 1.65. The molecule has 0 radical (unpaired) electrons. The molecule has 27 heavy (non-hydrogen) atoms. The average Bonchev–Trinajstić information content (AvgIpc) is 3.39. The van der Waals surface area contributed by atoms with Crippen LogP contribution in [0.25, 0.3) is 5.69 Å². The van der Waals surface area contributed by atoms with E-state index in [9.17, 15) is 4.79 Å². The number of carbonyl (C=O) groups is 1. The number of hydrogen-bond donors (Lipinski definition) is 1. The zero-order chi connectivity index (χ0) is 18.5. The molecule has 4 aromatic rings. The SMILES string of the molecule is O=C(Nc1nccs1)[C@H](Sc1nnnn1-c1ccccc1)c1ccccc1. The second-order valence-corrected chi connectivity index (χ2v) is 7.41. The molecule has 0 spiro atoms. The van der Waals surface area contributed by atoms with Gasteiger partial charge in [0, 0.05) is 11.6 Å². The van der Waals surface area contributed by atoms with Crippen molar-refractivity contribution in [3.05, 3.63) is 77.8 Å². The van der Waals surface area contributed by atoms with Crippen LogP contribution in [0.2, 0.25) is 0 Å². The van der Waals surface area contributed by atoms with Crippen molar-refractivity contribution in [3.63, 3.8) is 0 Å². The highest BCUT2D eigenvalue weighted by atomic mass is 32.2. The van der Waals surface area contributed by atoms with E-state index in [2.05, 4.69) is 25.8 Å². The molecule has 1 atom stereocenters. The van der Waals surface area contributed by atoms with Gasteiger partial charge in [-0.25, -0.2) is 4.98 Å². The van der Waals surface area contributed by atoms with Crippen LogP contribution in [0.5, 0.6) is 0 Å². The van der Waals surface area contributed by atoms with Gasteiger partial charge >= 0.3 is 0 Å². The van der Waals surface area contributed by atoms with Gasteiger partial charge in [-0.15, -0.1) is 16.4 Å². The number of thiazole rings is 1. The predicted molar refractivity (Wildman–Crippen MR) is 105 cm³/mol. The van der Waals surface area contributed by atoms with Gasteiger partial charge in [-0.05, 0) is 28.1 Å². The van der Waals surface area contributed by atoms with Crippen LogP contribution in [0.4, 0.5) is 5.13 Å². The maximum Gasteiger partial charge on any atom is 0.244 e. The lowest BCUT2D eigenvalue weighted by atomic mass is 10.1. The van der Waals surface area contributed by atoms with E-state index in [1.54, 1.807) is 10.9 Å². The number of carbonyl (C=O) groups excluding carboxylic acids is 1. The zero-order valence-corrected chi connectivity index (χ0v) is 15.6. The minimum Gasteiger partial charge on any atom is -0.301 e. The highest BCUT2D eigenvalue weighted by molar-refractivity contribution is 8.00. The molecule has 1 amide bonds. The van der Waals surface area contributed by atoms with Crippen LogP contribution < -0.4 is 5.32 Å². The molecular formula is C18H14N6OS2. The van der Waals surface area contributed by atoms with Crippen molar-refractivity contribution in [3.8, 4) is 5.69 Å². The first kappa shape index (κ1) is 17.4. The highest BCUT2D eigenvalue weighted by Gasteiger charge is 2.26. The normalized spacial score (nSPS) is 11.9. The number of nitrogens with one attached hydrogen (secondary N) is 1. The fraction of sp³-hybridized carbons (Fsp3) is 0.0556. The van der Waals surface area contributed by atoms with E-state index in [-0.39, 0.29) is 5.91 Å². The minimum atomic E-state index is -0.524. The maximum atomic E-state index is 12.9. The third-order valence-corrected chi connectivity index (χ3v) is 5.54. The molecule has 7 nitrogen and oxygen atoms in total. The van der Waals surface area contributed by atoms with Crippen LogP contribution >= 0.6 is 23.1 Å². The van der Waals surface area contributed by atoms with Crippen molar-refractivity contribution in [2.45, 2.75) is 10.4 Å². The lowest BCUT2D eigenvalue weighted by Gasteiger charge is -2.15. The molecule has 0 aliphatic rings. The summed E-state index contributed by atoms with van der Waals surface area (Å²) < 4.78 is 1.62. The van der Waals surface area contributed by atoms with Gasteiger partial charge in [0.05, 0.1) is 5.69 Å². The smallest absolute Gasteiger partial charge is 0.244 e. The van der Waals surface area contributed by atoms with Crippen molar-refractivity contribution < 1.29 is 4.79 Å². The molecule has 0 saturated carbocycles. The monoisotopic (exact) mass is 394 g/mol. The fourth-order valence-corrected chi connectivity index (χ4v) is 3.97. The Morgan fingerprint density at radius 2 is 1.81 bits per heavy atom. The summed E-state index contributed by atoms with van der Waals surface area (Å²) in [5.41, 5.74) is 1.69. The molecule has 0 aliphatic heterocycles. The third-order valence-electron chi connectivity index (χ3n) is 3.67. The quantitative estimate of drug-likeness (QED) is 0.503. The Kier molecular flexibility index (Phi) is 5.22. The van der Waals surface area contributed by atoms with E-state index in [4.69, 9.17) is 0 Å². The number of tetrazole rings is 1. The topological polar surface area (TPSA) is 85.6 Å². The zero-order valence-electron chi connectivity index (χ0n) is 14.0. The summed E-state index contributed by atoms with van der Waals surface area (Å²) in [5, 5.41) is 17.2. The maximum absolute atomic E-state index is 12.9. The Balaban J connectivity index is 1.64. The van der Waals surface area contributed by atoms with Gasteiger partial charge in [0.2, 0.25) is 11.1 Å². The fourth-order valence-electron chi connectivity index (χ4n) is 2.45. The molecule has 2 aromatic heterocycles. The number of anilines is 1. The first-order valence-corrected chi connectivity index (χ1v) is 9.83. The molecule has 0 saturated heterocycles. The lowest BCUT2D eigenvalue weighted by Crippen LogP contribution is -2.19. The summed E-state index contributed by atoms with van der Waals surface area (Å²) >= 11 is 2.67.